The fourth-order valence-corrected chi connectivity index (χ4v) is 5.33. The van der Waals surface area contributed by atoms with Crippen molar-refractivity contribution >= 4 is 28.1 Å². The van der Waals surface area contributed by atoms with Crippen LogP contribution in [0.1, 0.15) is 19.3 Å². The maximum absolute atomic E-state index is 12.5. The van der Waals surface area contributed by atoms with Crippen LogP contribution in [0.2, 0.25) is 0 Å². The number of rotatable bonds is 6. The number of methoxy groups -OCH3 is 1. The molecular formula is C21H26N4O3S. The summed E-state index contributed by atoms with van der Waals surface area (Å²) >= 11 is 1.35. The standard InChI is InChI=1S/C21H26N4O3S/c1-24-7-9-25(10-8-24)15-3-5-16(6-4-15)28-17-11-22-19(29-17)23-18(26)20-12-21(13-20,14-20)27-2/h3-6,11H,7-10,12-14H2,1-2H3,(H,22,23,26). The van der Waals surface area contributed by atoms with E-state index < -0.39 is 0 Å². The van der Waals surface area contributed by atoms with E-state index in [1.54, 1.807) is 13.3 Å². The maximum Gasteiger partial charge on any atom is 0.232 e. The van der Waals surface area contributed by atoms with Crippen molar-refractivity contribution in [2.75, 3.05) is 50.6 Å². The summed E-state index contributed by atoms with van der Waals surface area (Å²) in [6, 6.07) is 8.16. The molecule has 29 heavy (non-hydrogen) atoms. The van der Waals surface area contributed by atoms with Gasteiger partial charge in [0.15, 0.2) is 5.13 Å². The van der Waals surface area contributed by atoms with Crippen LogP contribution in [0.25, 0.3) is 0 Å². The molecule has 0 atom stereocenters. The van der Waals surface area contributed by atoms with Gasteiger partial charge in [-0.1, -0.05) is 11.3 Å². The number of ether oxygens (including phenoxy) is 2. The molecule has 1 N–H and O–H groups in total. The molecule has 0 spiro atoms. The van der Waals surface area contributed by atoms with Gasteiger partial charge in [0.2, 0.25) is 11.0 Å². The van der Waals surface area contributed by atoms with Crippen molar-refractivity contribution in [2.24, 2.45) is 5.41 Å². The van der Waals surface area contributed by atoms with E-state index in [0.717, 1.165) is 51.2 Å². The van der Waals surface area contributed by atoms with Gasteiger partial charge >= 0.3 is 0 Å². The average molecular weight is 415 g/mol. The Balaban J connectivity index is 1.16. The van der Waals surface area contributed by atoms with Gasteiger partial charge in [0.1, 0.15) is 5.75 Å². The third-order valence-electron chi connectivity index (χ3n) is 6.52. The quantitative estimate of drug-likeness (QED) is 0.783. The molecule has 0 radical (unpaired) electrons. The Morgan fingerprint density at radius 2 is 1.83 bits per heavy atom. The number of carbonyl (C=O) groups is 1. The number of hydrogen-bond acceptors (Lipinski definition) is 7. The molecule has 2 bridgehead atoms. The van der Waals surface area contributed by atoms with Gasteiger partial charge in [-0.2, -0.15) is 0 Å². The summed E-state index contributed by atoms with van der Waals surface area (Å²) in [6.45, 7) is 4.26. The summed E-state index contributed by atoms with van der Waals surface area (Å²) in [7, 11) is 3.88. The van der Waals surface area contributed by atoms with E-state index in [1.165, 1.54) is 17.0 Å². The Hall–Kier alpha value is -2.16. The lowest BCUT2D eigenvalue weighted by Crippen LogP contribution is -2.72. The van der Waals surface area contributed by atoms with E-state index in [2.05, 4.69) is 39.3 Å². The van der Waals surface area contributed by atoms with Crippen molar-refractivity contribution in [3.63, 3.8) is 0 Å². The highest BCUT2D eigenvalue weighted by Crippen LogP contribution is 2.69. The smallest absolute Gasteiger partial charge is 0.232 e. The van der Waals surface area contributed by atoms with Crippen molar-refractivity contribution in [3.05, 3.63) is 30.5 Å². The number of nitrogens with zero attached hydrogens (tertiary/aromatic N) is 3. The van der Waals surface area contributed by atoms with Crippen LogP contribution in [0, 0.1) is 5.41 Å². The zero-order valence-electron chi connectivity index (χ0n) is 16.8. The summed E-state index contributed by atoms with van der Waals surface area (Å²) in [4.78, 5) is 21.6. The number of piperazine rings is 1. The highest BCUT2D eigenvalue weighted by atomic mass is 32.1. The first-order chi connectivity index (χ1) is 14.0. The van der Waals surface area contributed by atoms with Gasteiger partial charge in [-0.15, -0.1) is 0 Å². The van der Waals surface area contributed by atoms with Gasteiger partial charge in [0, 0.05) is 39.0 Å². The second-order valence-electron chi connectivity index (χ2n) is 8.52. The summed E-state index contributed by atoms with van der Waals surface area (Å²) in [5.74, 6) is 0.819. The van der Waals surface area contributed by atoms with Crippen LogP contribution in [-0.2, 0) is 9.53 Å². The van der Waals surface area contributed by atoms with Crippen molar-refractivity contribution in [2.45, 2.75) is 24.9 Å². The fourth-order valence-electron chi connectivity index (χ4n) is 4.65. The number of likely N-dealkylation sites (N-methyl/N-ethyl adjacent to an activating group) is 1. The molecule has 1 aromatic heterocycles. The number of benzene rings is 1. The lowest BCUT2D eigenvalue weighted by Gasteiger charge is -2.67. The molecule has 1 saturated heterocycles. The minimum absolute atomic E-state index is 0.0369. The Labute approximate surface area is 174 Å². The number of aromatic nitrogens is 1. The topological polar surface area (TPSA) is 66.9 Å². The second-order valence-corrected chi connectivity index (χ2v) is 9.52. The molecule has 154 valence electrons. The molecule has 0 unspecified atom stereocenters. The van der Waals surface area contributed by atoms with Gasteiger partial charge in [0.25, 0.3) is 0 Å². The highest BCUT2D eigenvalue weighted by molar-refractivity contribution is 7.17. The van der Waals surface area contributed by atoms with Gasteiger partial charge in [0.05, 0.1) is 17.2 Å². The zero-order valence-corrected chi connectivity index (χ0v) is 17.6. The Morgan fingerprint density at radius 3 is 2.48 bits per heavy atom. The summed E-state index contributed by atoms with van der Waals surface area (Å²) < 4.78 is 11.4. The average Bonchev–Trinajstić information content (AvgIpc) is 3.08. The first kappa shape index (κ1) is 18.8. The van der Waals surface area contributed by atoms with Crippen LogP contribution in [0.5, 0.6) is 10.8 Å². The highest BCUT2D eigenvalue weighted by Gasteiger charge is 2.72. The molecule has 8 heteroatoms. The normalized spacial score (nSPS) is 28.4. The lowest BCUT2D eigenvalue weighted by molar-refractivity contribution is -0.260. The molecule has 1 aromatic carbocycles. The molecular weight excluding hydrogens is 388 g/mol. The molecule has 3 saturated carbocycles. The predicted molar refractivity (Wildman–Crippen MR) is 113 cm³/mol. The number of anilines is 2. The Kier molecular flexibility index (Phi) is 4.53. The molecule has 3 aliphatic carbocycles. The number of thiazole rings is 1. The molecule has 2 aromatic rings. The lowest BCUT2D eigenvalue weighted by atomic mass is 9.41. The fraction of sp³-hybridized carbons (Fsp3) is 0.524. The molecule has 4 fully saturated rings. The SMILES string of the molecule is COC12CC(C(=O)Nc3ncc(Oc4ccc(N5CCN(C)CC5)cc4)s3)(C1)C2. The van der Waals surface area contributed by atoms with Crippen molar-refractivity contribution < 1.29 is 14.3 Å². The number of carbonyl (C=O) groups excluding carboxylic acids is 1. The molecule has 1 aliphatic heterocycles. The van der Waals surface area contributed by atoms with Crippen LogP contribution >= 0.6 is 11.3 Å². The summed E-state index contributed by atoms with van der Waals surface area (Å²) in [5.41, 5.74) is 0.933. The summed E-state index contributed by atoms with van der Waals surface area (Å²) in [6.07, 6.45) is 4.11. The Bertz CT molecular complexity index is 885. The molecule has 2 heterocycles. The zero-order chi connectivity index (χ0) is 20.1. The van der Waals surface area contributed by atoms with Gasteiger partial charge < -0.3 is 24.6 Å². The van der Waals surface area contributed by atoms with Crippen LogP contribution in [0.3, 0.4) is 0 Å². The Morgan fingerprint density at radius 1 is 1.14 bits per heavy atom. The van der Waals surface area contributed by atoms with Crippen LogP contribution in [0.15, 0.2) is 30.5 Å². The number of nitrogens with one attached hydrogen (secondary N) is 1. The molecule has 1 amide bonds. The predicted octanol–water partition coefficient (Wildman–Crippen LogP) is 3.19. The van der Waals surface area contributed by atoms with Crippen LogP contribution < -0.4 is 15.0 Å². The maximum atomic E-state index is 12.5. The van der Waals surface area contributed by atoms with Crippen molar-refractivity contribution in [1.29, 1.82) is 0 Å². The van der Waals surface area contributed by atoms with Crippen LogP contribution in [0.4, 0.5) is 10.8 Å². The largest absolute Gasteiger partial charge is 0.445 e. The summed E-state index contributed by atoms with van der Waals surface area (Å²) in [5, 5.41) is 4.19. The first-order valence-electron chi connectivity index (χ1n) is 10.0. The minimum atomic E-state index is -0.248. The van der Waals surface area contributed by atoms with E-state index in [1.807, 2.05) is 12.1 Å². The minimum Gasteiger partial charge on any atom is -0.445 e. The molecule has 6 rings (SSSR count). The number of hydrogen-bond donors (Lipinski definition) is 1. The molecule has 4 aliphatic rings. The van der Waals surface area contributed by atoms with Gasteiger partial charge in [-0.05, 0) is 50.6 Å². The van der Waals surface area contributed by atoms with Gasteiger partial charge in [-0.3, -0.25) is 4.79 Å². The number of amides is 1. The van der Waals surface area contributed by atoms with Crippen molar-refractivity contribution in [1.82, 2.24) is 9.88 Å². The van der Waals surface area contributed by atoms with E-state index in [4.69, 9.17) is 9.47 Å². The van der Waals surface area contributed by atoms with Crippen LogP contribution in [-0.4, -0.2) is 61.7 Å². The third-order valence-corrected chi connectivity index (χ3v) is 7.32. The van der Waals surface area contributed by atoms with Gasteiger partial charge in [-0.25, -0.2) is 4.98 Å². The van der Waals surface area contributed by atoms with Crippen molar-refractivity contribution in [3.8, 4) is 10.8 Å². The first-order valence-corrected chi connectivity index (χ1v) is 10.8. The van der Waals surface area contributed by atoms with E-state index in [9.17, 15) is 4.79 Å². The monoisotopic (exact) mass is 414 g/mol. The third kappa shape index (κ3) is 3.39. The van der Waals surface area contributed by atoms with E-state index in [0.29, 0.717) is 10.2 Å². The van der Waals surface area contributed by atoms with E-state index in [-0.39, 0.29) is 16.9 Å². The second kappa shape index (κ2) is 6.97. The molecule has 7 nitrogen and oxygen atoms in total. The van der Waals surface area contributed by atoms with E-state index >= 15 is 0 Å².